The summed E-state index contributed by atoms with van der Waals surface area (Å²) in [5.74, 6) is -0.0881. The molecular formula is C16H20N2O. The van der Waals surface area contributed by atoms with Gasteiger partial charge in [0, 0.05) is 6.04 Å². The van der Waals surface area contributed by atoms with E-state index in [0.717, 1.165) is 18.4 Å². The summed E-state index contributed by atoms with van der Waals surface area (Å²) in [7, 11) is 0. The lowest BCUT2D eigenvalue weighted by Crippen LogP contribution is -2.41. The van der Waals surface area contributed by atoms with Gasteiger partial charge < -0.3 is 4.90 Å². The molecule has 1 aliphatic carbocycles. The fraction of sp³-hybridized carbons (Fsp3) is 0.500. The topological polar surface area (TPSA) is 44.1 Å². The van der Waals surface area contributed by atoms with Crippen LogP contribution in [0.25, 0.3) is 0 Å². The molecule has 1 fully saturated rings. The monoisotopic (exact) mass is 256 g/mol. The Labute approximate surface area is 114 Å². The number of benzene rings is 1. The Morgan fingerprint density at radius 2 is 2.00 bits per heavy atom. The minimum atomic E-state index is -0.171. The lowest BCUT2D eigenvalue weighted by Gasteiger charge is -2.29. The number of amides is 1. The van der Waals surface area contributed by atoms with Crippen molar-refractivity contribution in [1.29, 1.82) is 5.26 Å². The average molecular weight is 256 g/mol. The van der Waals surface area contributed by atoms with Gasteiger partial charge in [-0.25, -0.2) is 0 Å². The summed E-state index contributed by atoms with van der Waals surface area (Å²) in [6, 6.07) is 12.2. The van der Waals surface area contributed by atoms with Crippen LogP contribution in [-0.4, -0.2) is 23.4 Å². The first-order valence-corrected chi connectivity index (χ1v) is 6.96. The van der Waals surface area contributed by atoms with E-state index in [9.17, 15) is 4.79 Å². The second kappa shape index (κ2) is 6.38. The molecule has 0 radical (unpaired) electrons. The Kier molecular flexibility index (Phi) is 4.57. The van der Waals surface area contributed by atoms with Crippen molar-refractivity contribution in [2.45, 2.75) is 44.6 Å². The van der Waals surface area contributed by atoms with Crippen LogP contribution < -0.4 is 0 Å². The van der Waals surface area contributed by atoms with E-state index in [1.54, 1.807) is 4.90 Å². The van der Waals surface area contributed by atoms with E-state index >= 15 is 0 Å². The highest BCUT2D eigenvalue weighted by molar-refractivity contribution is 5.83. The first-order chi connectivity index (χ1) is 9.24. The highest BCUT2D eigenvalue weighted by atomic mass is 16.2. The zero-order chi connectivity index (χ0) is 13.7. The summed E-state index contributed by atoms with van der Waals surface area (Å²) in [4.78, 5) is 14.4. The van der Waals surface area contributed by atoms with E-state index < -0.39 is 0 Å². The maximum absolute atomic E-state index is 12.6. The molecule has 3 heteroatoms. The van der Waals surface area contributed by atoms with Crippen molar-refractivity contribution in [2.75, 3.05) is 6.54 Å². The lowest BCUT2D eigenvalue weighted by molar-refractivity contribution is -0.134. The largest absolute Gasteiger partial charge is 0.326 e. The molecule has 0 spiro atoms. The standard InChI is InChI=1S/C16H20N2O/c1-13(14-7-3-2-4-8-14)16(19)18(12-11-17)15-9-5-6-10-15/h2-4,7-8,13,15H,5-6,9-10,12H2,1H3. The van der Waals surface area contributed by atoms with Gasteiger partial charge in [0.05, 0.1) is 12.0 Å². The number of nitriles is 1. The highest BCUT2D eigenvalue weighted by Crippen LogP contribution is 2.27. The molecule has 3 nitrogen and oxygen atoms in total. The second-order valence-corrected chi connectivity index (χ2v) is 5.19. The maximum atomic E-state index is 12.6. The molecule has 0 bridgehead atoms. The van der Waals surface area contributed by atoms with Crippen LogP contribution in [0.1, 0.15) is 44.1 Å². The van der Waals surface area contributed by atoms with Crippen molar-refractivity contribution < 1.29 is 4.79 Å². The Morgan fingerprint density at radius 1 is 1.37 bits per heavy atom. The molecule has 2 rings (SSSR count). The molecule has 100 valence electrons. The first-order valence-electron chi connectivity index (χ1n) is 6.96. The van der Waals surface area contributed by atoms with E-state index in [-0.39, 0.29) is 24.4 Å². The van der Waals surface area contributed by atoms with Gasteiger partial charge in [-0.3, -0.25) is 4.79 Å². The predicted molar refractivity (Wildman–Crippen MR) is 74.4 cm³/mol. The van der Waals surface area contributed by atoms with Crippen LogP contribution in [0.5, 0.6) is 0 Å². The molecule has 1 saturated carbocycles. The number of rotatable bonds is 4. The van der Waals surface area contributed by atoms with Crippen molar-refractivity contribution in [3.05, 3.63) is 35.9 Å². The van der Waals surface area contributed by atoms with Gasteiger partial charge in [-0.05, 0) is 25.3 Å². The summed E-state index contributed by atoms with van der Waals surface area (Å²) in [6.07, 6.45) is 4.41. The fourth-order valence-electron chi connectivity index (χ4n) is 2.81. The molecule has 0 aromatic heterocycles. The number of carbonyl (C=O) groups excluding carboxylic acids is 1. The first kappa shape index (κ1) is 13.6. The van der Waals surface area contributed by atoms with Gasteiger partial charge in [-0.2, -0.15) is 5.26 Å². The highest BCUT2D eigenvalue weighted by Gasteiger charge is 2.29. The quantitative estimate of drug-likeness (QED) is 0.777. The summed E-state index contributed by atoms with van der Waals surface area (Å²) in [5.41, 5.74) is 1.02. The molecule has 0 saturated heterocycles. The maximum Gasteiger partial charge on any atom is 0.230 e. The lowest BCUT2D eigenvalue weighted by atomic mass is 9.99. The van der Waals surface area contributed by atoms with Gasteiger partial charge in [0.2, 0.25) is 5.91 Å². The third-order valence-electron chi connectivity index (χ3n) is 3.96. The van der Waals surface area contributed by atoms with Crippen molar-refractivity contribution in [3.8, 4) is 6.07 Å². The molecule has 1 aromatic rings. The van der Waals surface area contributed by atoms with Crippen LogP contribution in [0, 0.1) is 11.3 Å². The molecule has 1 unspecified atom stereocenters. The smallest absolute Gasteiger partial charge is 0.230 e. The van der Waals surface area contributed by atoms with Gasteiger partial charge in [0.15, 0.2) is 0 Å². The second-order valence-electron chi connectivity index (χ2n) is 5.19. The Morgan fingerprint density at radius 3 is 2.58 bits per heavy atom. The average Bonchev–Trinajstić information content (AvgIpc) is 2.98. The van der Waals surface area contributed by atoms with Crippen LogP contribution in [0.3, 0.4) is 0 Å². The van der Waals surface area contributed by atoms with Crippen LogP contribution in [0.2, 0.25) is 0 Å². The van der Waals surface area contributed by atoms with Crippen LogP contribution in [-0.2, 0) is 4.79 Å². The molecule has 0 N–H and O–H groups in total. The Hall–Kier alpha value is -1.82. The van der Waals surface area contributed by atoms with E-state index in [1.807, 2.05) is 37.3 Å². The number of carbonyl (C=O) groups is 1. The zero-order valence-electron chi connectivity index (χ0n) is 11.4. The summed E-state index contributed by atoms with van der Waals surface area (Å²) in [5, 5.41) is 8.95. The minimum absolute atomic E-state index is 0.0830. The van der Waals surface area contributed by atoms with Gasteiger partial charge >= 0.3 is 0 Å². The summed E-state index contributed by atoms with van der Waals surface area (Å²) >= 11 is 0. The van der Waals surface area contributed by atoms with Gasteiger partial charge in [-0.1, -0.05) is 43.2 Å². The zero-order valence-corrected chi connectivity index (χ0v) is 11.4. The van der Waals surface area contributed by atoms with E-state index in [1.165, 1.54) is 12.8 Å². The minimum Gasteiger partial charge on any atom is -0.326 e. The molecular weight excluding hydrogens is 236 g/mol. The van der Waals surface area contributed by atoms with Crippen LogP contribution in [0.15, 0.2) is 30.3 Å². The number of hydrogen-bond acceptors (Lipinski definition) is 2. The fourth-order valence-corrected chi connectivity index (χ4v) is 2.81. The molecule has 1 aromatic carbocycles. The van der Waals surface area contributed by atoms with Crippen molar-refractivity contribution in [1.82, 2.24) is 4.90 Å². The number of hydrogen-bond donors (Lipinski definition) is 0. The third kappa shape index (κ3) is 3.14. The molecule has 1 aliphatic rings. The van der Waals surface area contributed by atoms with Gasteiger partial charge in [0.25, 0.3) is 0 Å². The van der Waals surface area contributed by atoms with Crippen molar-refractivity contribution >= 4 is 5.91 Å². The predicted octanol–water partition coefficient (Wildman–Crippen LogP) is 3.08. The third-order valence-corrected chi connectivity index (χ3v) is 3.96. The normalized spacial score (nSPS) is 16.8. The summed E-state index contributed by atoms with van der Waals surface area (Å²) < 4.78 is 0. The summed E-state index contributed by atoms with van der Waals surface area (Å²) in [6.45, 7) is 2.14. The van der Waals surface area contributed by atoms with E-state index in [4.69, 9.17) is 5.26 Å². The SMILES string of the molecule is CC(C(=O)N(CC#N)C1CCCC1)c1ccccc1. The molecule has 0 aliphatic heterocycles. The van der Waals surface area contributed by atoms with Gasteiger partial charge in [-0.15, -0.1) is 0 Å². The van der Waals surface area contributed by atoms with Crippen molar-refractivity contribution in [2.24, 2.45) is 0 Å². The molecule has 0 heterocycles. The van der Waals surface area contributed by atoms with Gasteiger partial charge in [0.1, 0.15) is 6.54 Å². The molecule has 1 atom stereocenters. The van der Waals surface area contributed by atoms with Crippen molar-refractivity contribution in [3.63, 3.8) is 0 Å². The molecule has 19 heavy (non-hydrogen) atoms. The Bertz CT molecular complexity index is 457. The van der Waals surface area contributed by atoms with Crippen LogP contribution >= 0.6 is 0 Å². The molecule has 1 amide bonds. The van der Waals surface area contributed by atoms with E-state index in [0.29, 0.717) is 0 Å². The Balaban J connectivity index is 2.13. The van der Waals surface area contributed by atoms with E-state index in [2.05, 4.69) is 6.07 Å². The van der Waals surface area contributed by atoms with Crippen LogP contribution in [0.4, 0.5) is 0 Å². The number of nitrogens with zero attached hydrogens (tertiary/aromatic N) is 2.